The molecule has 20 heavy (non-hydrogen) atoms. The fourth-order valence-electron chi connectivity index (χ4n) is 2.37. The lowest BCUT2D eigenvalue weighted by Crippen LogP contribution is -2.10. The largest absolute Gasteiger partial charge is 0.306 e. The lowest BCUT2D eigenvalue weighted by atomic mass is 9.91. The van der Waals surface area contributed by atoms with E-state index in [9.17, 15) is 0 Å². The van der Waals surface area contributed by atoms with Gasteiger partial charge in [-0.1, -0.05) is 60.7 Å². The average Bonchev–Trinajstić information content (AvgIpc) is 2.92. The van der Waals surface area contributed by atoms with Crippen LogP contribution in [-0.4, -0.2) is 14.8 Å². The van der Waals surface area contributed by atoms with Gasteiger partial charge in [-0.3, -0.25) is 5.10 Å². The van der Waals surface area contributed by atoms with Crippen LogP contribution in [0, 0.1) is 4.77 Å². The maximum atomic E-state index is 5.25. The van der Waals surface area contributed by atoms with Gasteiger partial charge in [-0.25, -0.2) is 0 Å². The highest BCUT2D eigenvalue weighted by Gasteiger charge is 2.14. The third kappa shape index (κ3) is 2.70. The summed E-state index contributed by atoms with van der Waals surface area (Å²) in [5.41, 5.74) is 2.56. The van der Waals surface area contributed by atoms with Crippen LogP contribution in [0.4, 0.5) is 0 Å². The summed E-state index contributed by atoms with van der Waals surface area (Å²) in [6.07, 6.45) is 1.75. The first-order chi connectivity index (χ1) is 9.84. The van der Waals surface area contributed by atoms with Crippen molar-refractivity contribution in [3.05, 3.63) is 82.9 Å². The minimum atomic E-state index is 0.265. The van der Waals surface area contributed by atoms with Crippen molar-refractivity contribution < 1.29 is 0 Å². The van der Waals surface area contributed by atoms with Crippen LogP contribution in [-0.2, 0) is 6.54 Å². The molecule has 0 radical (unpaired) electrons. The molecule has 3 aromatic rings. The Morgan fingerprint density at radius 2 is 1.50 bits per heavy atom. The second-order valence-corrected chi connectivity index (χ2v) is 5.07. The quantitative estimate of drug-likeness (QED) is 0.738. The van der Waals surface area contributed by atoms with Gasteiger partial charge in [0.05, 0.1) is 0 Å². The normalized spacial score (nSPS) is 10.8. The number of rotatable bonds is 4. The van der Waals surface area contributed by atoms with Crippen molar-refractivity contribution in [3.63, 3.8) is 0 Å². The highest BCUT2D eigenvalue weighted by atomic mass is 32.1. The lowest BCUT2D eigenvalue weighted by Gasteiger charge is -2.18. The molecule has 0 spiro atoms. The first-order valence-corrected chi connectivity index (χ1v) is 6.95. The molecule has 100 valence electrons. The minimum Gasteiger partial charge on any atom is -0.306 e. The average molecular weight is 281 g/mol. The third-order valence-corrected chi connectivity index (χ3v) is 3.73. The summed E-state index contributed by atoms with van der Waals surface area (Å²) < 4.78 is 2.63. The molecule has 1 heterocycles. The smallest absolute Gasteiger partial charge is 0.194 e. The molecule has 2 aromatic carbocycles. The summed E-state index contributed by atoms with van der Waals surface area (Å²) >= 11 is 5.25. The number of hydrogen-bond acceptors (Lipinski definition) is 2. The Morgan fingerprint density at radius 1 is 0.950 bits per heavy atom. The van der Waals surface area contributed by atoms with Crippen LogP contribution < -0.4 is 0 Å². The van der Waals surface area contributed by atoms with Gasteiger partial charge in [0, 0.05) is 12.5 Å². The number of nitrogens with zero attached hydrogens (tertiary/aromatic N) is 2. The molecule has 0 amide bonds. The number of H-pyrrole nitrogens is 1. The van der Waals surface area contributed by atoms with Gasteiger partial charge < -0.3 is 4.57 Å². The van der Waals surface area contributed by atoms with E-state index in [1.54, 1.807) is 6.33 Å². The number of aromatic nitrogens is 3. The first-order valence-electron chi connectivity index (χ1n) is 6.54. The molecule has 0 atom stereocenters. The van der Waals surface area contributed by atoms with E-state index in [0.717, 1.165) is 6.54 Å². The highest BCUT2D eigenvalue weighted by molar-refractivity contribution is 7.71. The molecule has 0 aliphatic heterocycles. The van der Waals surface area contributed by atoms with Gasteiger partial charge >= 0.3 is 0 Å². The maximum Gasteiger partial charge on any atom is 0.194 e. The Bertz CT molecular complexity index is 676. The zero-order valence-electron chi connectivity index (χ0n) is 10.9. The van der Waals surface area contributed by atoms with Gasteiger partial charge in [0.25, 0.3) is 0 Å². The summed E-state index contributed by atoms with van der Waals surface area (Å²) in [5, 5.41) is 6.80. The molecule has 0 fully saturated rings. The van der Waals surface area contributed by atoms with E-state index in [0.29, 0.717) is 4.77 Å². The van der Waals surface area contributed by atoms with Gasteiger partial charge in [-0.2, -0.15) is 5.10 Å². The van der Waals surface area contributed by atoms with Crippen molar-refractivity contribution in [1.82, 2.24) is 14.8 Å². The van der Waals surface area contributed by atoms with Crippen LogP contribution >= 0.6 is 12.2 Å². The molecule has 1 aromatic heterocycles. The molecule has 3 nitrogen and oxygen atoms in total. The van der Waals surface area contributed by atoms with Gasteiger partial charge in [-0.05, 0) is 23.3 Å². The standard InChI is InChI=1S/C16H15N3S/c20-16-18-17-12-19(16)11-15(13-7-3-1-4-8-13)14-9-5-2-6-10-14/h1-10,12,15H,11H2,(H,18,20). The molecule has 0 aliphatic carbocycles. The zero-order valence-corrected chi connectivity index (χ0v) is 11.8. The van der Waals surface area contributed by atoms with Crippen LogP contribution in [0.3, 0.4) is 0 Å². The Labute approximate surface area is 122 Å². The monoisotopic (exact) mass is 281 g/mol. The van der Waals surface area contributed by atoms with Crippen molar-refractivity contribution in [2.24, 2.45) is 0 Å². The van der Waals surface area contributed by atoms with E-state index in [4.69, 9.17) is 12.2 Å². The Balaban J connectivity index is 2.00. The van der Waals surface area contributed by atoms with Crippen molar-refractivity contribution in [2.45, 2.75) is 12.5 Å². The van der Waals surface area contributed by atoms with Crippen molar-refractivity contribution in [1.29, 1.82) is 0 Å². The van der Waals surface area contributed by atoms with Crippen LogP contribution in [0.2, 0.25) is 0 Å². The third-order valence-electron chi connectivity index (χ3n) is 3.40. The van der Waals surface area contributed by atoms with Crippen molar-refractivity contribution >= 4 is 12.2 Å². The Hall–Kier alpha value is -2.20. The van der Waals surface area contributed by atoms with Crippen LogP contribution in [0.25, 0.3) is 0 Å². The number of hydrogen-bond donors (Lipinski definition) is 1. The van der Waals surface area contributed by atoms with Gasteiger partial charge in [0.1, 0.15) is 6.33 Å². The number of benzene rings is 2. The zero-order chi connectivity index (χ0) is 13.8. The van der Waals surface area contributed by atoms with E-state index in [1.807, 2.05) is 16.7 Å². The van der Waals surface area contributed by atoms with Gasteiger partial charge in [-0.15, -0.1) is 0 Å². The minimum absolute atomic E-state index is 0.265. The fourth-order valence-corrected chi connectivity index (χ4v) is 2.55. The summed E-state index contributed by atoms with van der Waals surface area (Å²) in [7, 11) is 0. The fraction of sp³-hybridized carbons (Fsp3) is 0.125. The van der Waals surface area contributed by atoms with Crippen molar-refractivity contribution in [3.8, 4) is 0 Å². The van der Waals surface area contributed by atoms with E-state index < -0.39 is 0 Å². The molecular formula is C16H15N3S. The van der Waals surface area contributed by atoms with Crippen molar-refractivity contribution in [2.75, 3.05) is 0 Å². The van der Waals surface area contributed by atoms with Crippen LogP contribution in [0.15, 0.2) is 67.0 Å². The summed E-state index contributed by atoms with van der Waals surface area (Å²) in [5.74, 6) is 0.265. The molecule has 0 aliphatic rings. The highest BCUT2D eigenvalue weighted by Crippen LogP contribution is 2.26. The Kier molecular flexibility index (Phi) is 3.74. The maximum absolute atomic E-state index is 5.25. The van der Waals surface area contributed by atoms with E-state index >= 15 is 0 Å². The van der Waals surface area contributed by atoms with Gasteiger partial charge in [0.2, 0.25) is 0 Å². The topological polar surface area (TPSA) is 33.6 Å². The summed E-state index contributed by atoms with van der Waals surface area (Å²) in [4.78, 5) is 0. The number of nitrogens with one attached hydrogen (secondary N) is 1. The summed E-state index contributed by atoms with van der Waals surface area (Å²) in [6.45, 7) is 0.781. The van der Waals surface area contributed by atoms with Crippen LogP contribution in [0.1, 0.15) is 17.0 Å². The van der Waals surface area contributed by atoms with E-state index in [-0.39, 0.29) is 5.92 Å². The first kappa shape index (κ1) is 12.8. The molecule has 0 saturated carbocycles. The van der Waals surface area contributed by atoms with Gasteiger partial charge in [0.15, 0.2) is 4.77 Å². The molecule has 1 N–H and O–H groups in total. The molecule has 0 unspecified atom stereocenters. The predicted octanol–water partition coefficient (Wildman–Crippen LogP) is 3.77. The predicted molar refractivity (Wildman–Crippen MR) is 82.1 cm³/mol. The molecular weight excluding hydrogens is 266 g/mol. The second-order valence-electron chi connectivity index (χ2n) is 4.69. The number of aromatic amines is 1. The van der Waals surface area contributed by atoms with E-state index in [1.165, 1.54) is 11.1 Å². The SMILES string of the molecule is S=c1[nH]ncn1CC(c1ccccc1)c1ccccc1. The lowest BCUT2D eigenvalue weighted by molar-refractivity contribution is 0.616. The molecule has 0 bridgehead atoms. The van der Waals surface area contributed by atoms with E-state index in [2.05, 4.69) is 58.7 Å². The second kappa shape index (κ2) is 5.84. The Morgan fingerprint density at radius 3 is 1.95 bits per heavy atom. The molecule has 3 rings (SSSR count). The molecule has 0 saturated heterocycles. The summed E-state index contributed by atoms with van der Waals surface area (Å²) in [6, 6.07) is 21.0. The molecule has 4 heteroatoms. The van der Waals surface area contributed by atoms with Crippen LogP contribution in [0.5, 0.6) is 0 Å².